The molecule has 2 nitrogen and oxygen atoms in total. The van der Waals surface area contributed by atoms with Gasteiger partial charge in [0.05, 0.1) is 11.9 Å². The van der Waals surface area contributed by atoms with Crippen molar-refractivity contribution in [2.45, 2.75) is 0 Å². The molecule has 0 saturated heterocycles. The molecule has 0 aliphatic rings. The molecule has 2 aromatic carbocycles. The molecule has 0 radical (unpaired) electrons. The summed E-state index contributed by atoms with van der Waals surface area (Å²) in [5.41, 5.74) is 2.92. The van der Waals surface area contributed by atoms with Gasteiger partial charge in [-0.15, -0.1) is 0 Å². The smallest absolute Gasteiger partial charge is 0.123 e. The summed E-state index contributed by atoms with van der Waals surface area (Å²) in [6, 6.07) is 14.2. The number of hydrogen-bond donors (Lipinski definition) is 0. The van der Waals surface area contributed by atoms with Gasteiger partial charge in [-0.2, -0.15) is 5.10 Å². The lowest BCUT2D eigenvalue weighted by molar-refractivity contribution is 0.627. The third kappa shape index (κ3) is 2.44. The van der Waals surface area contributed by atoms with Crippen molar-refractivity contribution in [2.75, 3.05) is 0 Å². The Morgan fingerprint density at radius 1 is 1.00 bits per heavy atom. The third-order valence-electron chi connectivity index (χ3n) is 2.86. The molecule has 0 fully saturated rings. The zero-order chi connectivity index (χ0) is 13.2. The van der Waals surface area contributed by atoms with E-state index < -0.39 is 0 Å². The lowest BCUT2D eigenvalue weighted by Gasteiger charge is -2.01. The molecule has 19 heavy (non-hydrogen) atoms. The second-order valence-electron chi connectivity index (χ2n) is 4.13. The normalized spacial score (nSPS) is 10.6. The van der Waals surface area contributed by atoms with Crippen molar-refractivity contribution in [3.8, 4) is 16.8 Å². The Bertz CT molecular complexity index is 704. The minimum Gasteiger partial charge on any atom is -0.240 e. The monoisotopic (exact) mass is 316 g/mol. The van der Waals surface area contributed by atoms with Gasteiger partial charge >= 0.3 is 0 Å². The molecule has 0 saturated carbocycles. The van der Waals surface area contributed by atoms with E-state index in [1.807, 2.05) is 30.5 Å². The average Bonchev–Trinajstić information content (AvgIpc) is 2.89. The van der Waals surface area contributed by atoms with Crippen molar-refractivity contribution in [1.82, 2.24) is 9.78 Å². The molecule has 0 aliphatic heterocycles. The van der Waals surface area contributed by atoms with Crippen LogP contribution >= 0.6 is 15.9 Å². The second-order valence-corrected chi connectivity index (χ2v) is 4.98. The Labute approximate surface area is 118 Å². The Kier molecular flexibility index (Phi) is 3.17. The van der Waals surface area contributed by atoms with E-state index in [0.717, 1.165) is 21.3 Å². The first-order valence-corrected chi connectivity index (χ1v) is 6.59. The van der Waals surface area contributed by atoms with Crippen LogP contribution < -0.4 is 0 Å². The molecule has 0 bridgehead atoms. The highest BCUT2D eigenvalue weighted by molar-refractivity contribution is 9.10. The van der Waals surface area contributed by atoms with Crippen LogP contribution in [0.1, 0.15) is 0 Å². The van der Waals surface area contributed by atoms with Crippen LogP contribution in [0.15, 0.2) is 65.4 Å². The van der Waals surface area contributed by atoms with Crippen LogP contribution in [0.4, 0.5) is 4.39 Å². The molecule has 1 heterocycles. The Balaban J connectivity index is 2.00. The molecule has 4 heteroatoms. The van der Waals surface area contributed by atoms with Crippen molar-refractivity contribution in [1.29, 1.82) is 0 Å². The predicted molar refractivity (Wildman–Crippen MR) is 76.7 cm³/mol. The van der Waals surface area contributed by atoms with E-state index in [4.69, 9.17) is 0 Å². The zero-order valence-electron chi connectivity index (χ0n) is 9.92. The van der Waals surface area contributed by atoms with Gasteiger partial charge in [0.25, 0.3) is 0 Å². The Hall–Kier alpha value is -1.94. The van der Waals surface area contributed by atoms with Crippen molar-refractivity contribution in [3.05, 3.63) is 71.2 Å². The lowest BCUT2D eigenvalue weighted by atomic mass is 10.1. The van der Waals surface area contributed by atoms with Crippen molar-refractivity contribution in [2.24, 2.45) is 0 Å². The van der Waals surface area contributed by atoms with Gasteiger partial charge in [-0.3, -0.25) is 0 Å². The number of hydrogen-bond acceptors (Lipinski definition) is 1. The fraction of sp³-hybridized carbons (Fsp3) is 0. The van der Waals surface area contributed by atoms with Crippen LogP contribution in [0.3, 0.4) is 0 Å². The lowest BCUT2D eigenvalue weighted by Crippen LogP contribution is -1.93. The molecule has 94 valence electrons. The van der Waals surface area contributed by atoms with Crippen LogP contribution in [0.2, 0.25) is 0 Å². The van der Waals surface area contributed by atoms with E-state index in [1.165, 1.54) is 12.1 Å². The largest absolute Gasteiger partial charge is 0.240 e. The van der Waals surface area contributed by atoms with Crippen LogP contribution in [-0.4, -0.2) is 9.78 Å². The van der Waals surface area contributed by atoms with E-state index in [0.29, 0.717) is 0 Å². The minimum atomic E-state index is -0.248. The molecule has 3 aromatic rings. The van der Waals surface area contributed by atoms with Gasteiger partial charge in [0, 0.05) is 16.2 Å². The van der Waals surface area contributed by atoms with Crippen LogP contribution in [0, 0.1) is 5.82 Å². The van der Waals surface area contributed by atoms with Gasteiger partial charge in [0.2, 0.25) is 0 Å². The number of benzene rings is 2. The van der Waals surface area contributed by atoms with Crippen LogP contribution in [0.25, 0.3) is 16.8 Å². The molecule has 0 N–H and O–H groups in total. The molecule has 0 atom stereocenters. The number of halogens is 2. The first-order chi connectivity index (χ1) is 9.24. The minimum absolute atomic E-state index is 0.248. The highest BCUT2D eigenvalue weighted by atomic mass is 79.9. The molecule has 0 unspecified atom stereocenters. The highest BCUT2D eigenvalue weighted by Gasteiger charge is 2.06. The average molecular weight is 317 g/mol. The maximum absolute atomic E-state index is 12.9. The second kappa shape index (κ2) is 4.97. The van der Waals surface area contributed by atoms with Gasteiger partial charge in [0.1, 0.15) is 5.82 Å². The molecule has 0 aliphatic carbocycles. The standard InChI is InChI=1S/C15H10BrFN2/c16-15-4-2-1-3-14(15)11-9-18-19(10-11)13-7-5-12(17)6-8-13/h1-10H. The highest BCUT2D eigenvalue weighted by Crippen LogP contribution is 2.27. The molecule has 1 aromatic heterocycles. The summed E-state index contributed by atoms with van der Waals surface area (Å²) in [6.07, 6.45) is 3.72. The number of nitrogens with zero attached hydrogens (tertiary/aromatic N) is 2. The fourth-order valence-corrected chi connectivity index (χ4v) is 2.41. The van der Waals surface area contributed by atoms with E-state index in [1.54, 1.807) is 23.0 Å². The van der Waals surface area contributed by atoms with E-state index >= 15 is 0 Å². The quantitative estimate of drug-likeness (QED) is 0.683. The third-order valence-corrected chi connectivity index (χ3v) is 3.55. The summed E-state index contributed by atoms with van der Waals surface area (Å²) in [4.78, 5) is 0. The van der Waals surface area contributed by atoms with Gasteiger partial charge in [-0.05, 0) is 35.9 Å². The summed E-state index contributed by atoms with van der Waals surface area (Å²) < 4.78 is 15.6. The Morgan fingerprint density at radius 3 is 2.47 bits per heavy atom. The number of rotatable bonds is 2. The molecule has 0 amide bonds. The van der Waals surface area contributed by atoms with Gasteiger partial charge in [-0.25, -0.2) is 9.07 Å². The van der Waals surface area contributed by atoms with Crippen molar-refractivity contribution >= 4 is 15.9 Å². The maximum Gasteiger partial charge on any atom is 0.123 e. The van der Waals surface area contributed by atoms with Crippen LogP contribution in [-0.2, 0) is 0 Å². The summed E-state index contributed by atoms with van der Waals surface area (Å²) in [5.74, 6) is -0.248. The van der Waals surface area contributed by atoms with Gasteiger partial charge < -0.3 is 0 Å². The molecular weight excluding hydrogens is 307 g/mol. The van der Waals surface area contributed by atoms with Gasteiger partial charge in [-0.1, -0.05) is 34.1 Å². The fourth-order valence-electron chi connectivity index (χ4n) is 1.89. The first kappa shape index (κ1) is 12.1. The topological polar surface area (TPSA) is 17.8 Å². The van der Waals surface area contributed by atoms with E-state index in [9.17, 15) is 4.39 Å². The van der Waals surface area contributed by atoms with Crippen molar-refractivity contribution < 1.29 is 4.39 Å². The van der Waals surface area contributed by atoms with Crippen LogP contribution in [0.5, 0.6) is 0 Å². The number of aromatic nitrogens is 2. The Morgan fingerprint density at radius 2 is 1.74 bits per heavy atom. The summed E-state index contributed by atoms with van der Waals surface area (Å²) in [5, 5.41) is 4.31. The zero-order valence-corrected chi connectivity index (χ0v) is 11.5. The first-order valence-electron chi connectivity index (χ1n) is 5.79. The molecular formula is C15H10BrFN2. The maximum atomic E-state index is 12.9. The molecule has 0 spiro atoms. The van der Waals surface area contributed by atoms with E-state index in [-0.39, 0.29) is 5.82 Å². The van der Waals surface area contributed by atoms with E-state index in [2.05, 4.69) is 21.0 Å². The summed E-state index contributed by atoms with van der Waals surface area (Å²) in [6.45, 7) is 0. The summed E-state index contributed by atoms with van der Waals surface area (Å²) >= 11 is 3.52. The molecule has 3 rings (SSSR count). The van der Waals surface area contributed by atoms with Gasteiger partial charge in [0.15, 0.2) is 0 Å². The summed E-state index contributed by atoms with van der Waals surface area (Å²) in [7, 11) is 0. The predicted octanol–water partition coefficient (Wildman–Crippen LogP) is 4.44. The van der Waals surface area contributed by atoms with Crippen molar-refractivity contribution in [3.63, 3.8) is 0 Å². The SMILES string of the molecule is Fc1ccc(-n2cc(-c3ccccc3Br)cn2)cc1.